The van der Waals surface area contributed by atoms with Gasteiger partial charge in [0.15, 0.2) is 11.5 Å². The van der Waals surface area contributed by atoms with Gasteiger partial charge in [-0.05, 0) is 29.8 Å². The molecule has 1 N–H and O–H groups in total. The molecule has 0 saturated carbocycles. The summed E-state index contributed by atoms with van der Waals surface area (Å²) in [7, 11) is -3.59. The first-order valence-electron chi connectivity index (χ1n) is 7.72. The zero-order chi connectivity index (χ0) is 18.4. The molecule has 1 aliphatic heterocycles. The van der Waals surface area contributed by atoms with Gasteiger partial charge < -0.3 is 14.2 Å². The molecule has 3 rings (SSSR count). The monoisotopic (exact) mass is 377 g/mol. The van der Waals surface area contributed by atoms with E-state index >= 15 is 0 Å². The molecule has 6 nitrogen and oxygen atoms in total. The quantitative estimate of drug-likeness (QED) is 0.780. The number of nitrogens with one attached hydrogen (secondary N) is 1. The fourth-order valence-corrected chi connectivity index (χ4v) is 3.26. The fraction of sp³-hybridized carbons (Fsp3) is 0.222. The summed E-state index contributed by atoms with van der Waals surface area (Å²) in [6.45, 7) is 0.238. The Morgan fingerprint density at radius 1 is 1.12 bits per heavy atom. The van der Waals surface area contributed by atoms with Gasteiger partial charge in [0.1, 0.15) is 18.2 Å². The van der Waals surface area contributed by atoms with Crippen LogP contribution in [0.15, 0.2) is 42.5 Å². The molecule has 0 bridgehead atoms. The predicted molar refractivity (Wildman–Crippen MR) is 92.9 cm³/mol. The second-order valence-electron chi connectivity index (χ2n) is 5.37. The number of hydrogen-bond acceptors (Lipinski definition) is 5. The first kappa shape index (κ1) is 18.0. The highest BCUT2D eigenvalue weighted by Gasteiger charge is 2.13. The van der Waals surface area contributed by atoms with E-state index in [2.05, 4.69) is 16.6 Å². The van der Waals surface area contributed by atoms with Crippen LogP contribution in [-0.2, 0) is 15.8 Å². The number of halogens is 1. The average molecular weight is 377 g/mol. The third kappa shape index (κ3) is 5.12. The smallest absolute Gasteiger partial charge is 0.231 e. The SMILES string of the molecule is O=S(=O)(Cc1cccc(F)c1)NCC#CCOc1ccc2c(c1)OCO2. The van der Waals surface area contributed by atoms with Crippen LogP contribution in [-0.4, -0.2) is 28.4 Å². The van der Waals surface area contributed by atoms with Crippen LogP contribution in [0.3, 0.4) is 0 Å². The van der Waals surface area contributed by atoms with E-state index in [4.69, 9.17) is 14.2 Å². The first-order chi connectivity index (χ1) is 12.5. The summed E-state index contributed by atoms with van der Waals surface area (Å²) in [4.78, 5) is 0. The van der Waals surface area contributed by atoms with Gasteiger partial charge in [-0.2, -0.15) is 0 Å². The molecular weight excluding hydrogens is 361 g/mol. The van der Waals surface area contributed by atoms with E-state index in [0.29, 0.717) is 22.8 Å². The van der Waals surface area contributed by atoms with Crippen LogP contribution in [0.5, 0.6) is 17.2 Å². The Morgan fingerprint density at radius 3 is 2.81 bits per heavy atom. The number of hydrogen-bond donors (Lipinski definition) is 1. The second-order valence-corrected chi connectivity index (χ2v) is 7.17. The van der Waals surface area contributed by atoms with E-state index in [0.717, 1.165) is 0 Å². The van der Waals surface area contributed by atoms with Crippen LogP contribution < -0.4 is 18.9 Å². The molecule has 0 fully saturated rings. The van der Waals surface area contributed by atoms with Gasteiger partial charge in [0.25, 0.3) is 0 Å². The van der Waals surface area contributed by atoms with Crippen LogP contribution in [0, 0.1) is 17.7 Å². The Bertz CT molecular complexity index is 950. The lowest BCUT2D eigenvalue weighted by atomic mass is 10.2. The second kappa shape index (κ2) is 8.08. The lowest BCUT2D eigenvalue weighted by molar-refractivity contribution is 0.174. The normalized spacial score (nSPS) is 12.3. The standard InChI is InChI=1S/C18H16FNO5S/c19-15-5-3-4-14(10-15)12-26(21,22)20-8-1-2-9-23-16-6-7-17-18(11-16)25-13-24-17/h3-7,10-11,20H,8-9,12-13H2. The van der Waals surface area contributed by atoms with Crippen molar-refractivity contribution in [3.8, 4) is 29.1 Å². The van der Waals surface area contributed by atoms with Crippen molar-refractivity contribution in [1.82, 2.24) is 4.72 Å². The molecule has 26 heavy (non-hydrogen) atoms. The maximum atomic E-state index is 13.1. The Kier molecular flexibility index (Phi) is 5.61. The molecular formula is C18H16FNO5S. The molecule has 0 aromatic heterocycles. The van der Waals surface area contributed by atoms with Crippen molar-refractivity contribution in [2.75, 3.05) is 19.9 Å². The summed E-state index contributed by atoms with van der Waals surface area (Å²) >= 11 is 0. The molecule has 0 unspecified atom stereocenters. The average Bonchev–Trinajstić information content (AvgIpc) is 3.05. The first-order valence-corrected chi connectivity index (χ1v) is 9.37. The third-order valence-corrected chi connectivity index (χ3v) is 4.70. The molecule has 2 aromatic carbocycles. The number of ether oxygens (including phenoxy) is 3. The van der Waals surface area contributed by atoms with Gasteiger partial charge in [-0.3, -0.25) is 0 Å². The molecule has 0 spiro atoms. The highest BCUT2D eigenvalue weighted by Crippen LogP contribution is 2.34. The van der Waals surface area contributed by atoms with E-state index in [1.54, 1.807) is 24.3 Å². The van der Waals surface area contributed by atoms with E-state index in [1.807, 2.05) is 0 Å². The number of fused-ring (bicyclic) bond motifs is 1. The largest absolute Gasteiger partial charge is 0.481 e. The molecule has 0 radical (unpaired) electrons. The summed E-state index contributed by atoms with van der Waals surface area (Å²) in [5.41, 5.74) is 0.372. The van der Waals surface area contributed by atoms with Crippen molar-refractivity contribution in [1.29, 1.82) is 0 Å². The van der Waals surface area contributed by atoms with Crippen LogP contribution in [0.4, 0.5) is 4.39 Å². The van der Waals surface area contributed by atoms with Gasteiger partial charge in [-0.1, -0.05) is 24.0 Å². The third-order valence-electron chi connectivity index (χ3n) is 3.41. The highest BCUT2D eigenvalue weighted by molar-refractivity contribution is 7.88. The Labute approximate surface area is 150 Å². The minimum absolute atomic E-state index is 0.0534. The van der Waals surface area contributed by atoms with Crippen molar-refractivity contribution >= 4 is 10.0 Å². The van der Waals surface area contributed by atoms with E-state index in [1.165, 1.54) is 18.2 Å². The molecule has 0 saturated heterocycles. The molecule has 8 heteroatoms. The van der Waals surface area contributed by atoms with Gasteiger partial charge in [0.05, 0.1) is 12.3 Å². The van der Waals surface area contributed by atoms with Crippen LogP contribution >= 0.6 is 0 Å². The lowest BCUT2D eigenvalue weighted by Gasteiger charge is -2.04. The molecule has 2 aromatic rings. The predicted octanol–water partition coefficient (Wildman–Crippen LogP) is 2.06. The lowest BCUT2D eigenvalue weighted by Crippen LogP contribution is -2.25. The fourth-order valence-electron chi connectivity index (χ4n) is 2.24. The van der Waals surface area contributed by atoms with Crippen LogP contribution in [0.1, 0.15) is 5.56 Å². The Hall–Kier alpha value is -2.76. The van der Waals surface area contributed by atoms with Crippen molar-refractivity contribution in [2.24, 2.45) is 0 Å². The number of rotatable bonds is 6. The zero-order valence-corrected chi connectivity index (χ0v) is 14.5. The topological polar surface area (TPSA) is 73.9 Å². The minimum atomic E-state index is -3.59. The van der Waals surface area contributed by atoms with Crippen molar-refractivity contribution in [2.45, 2.75) is 5.75 Å². The highest BCUT2D eigenvalue weighted by atomic mass is 32.2. The van der Waals surface area contributed by atoms with Gasteiger partial charge in [-0.15, -0.1) is 0 Å². The van der Waals surface area contributed by atoms with Gasteiger partial charge in [-0.25, -0.2) is 17.5 Å². The molecule has 0 atom stereocenters. The zero-order valence-electron chi connectivity index (χ0n) is 13.7. The van der Waals surface area contributed by atoms with Gasteiger partial charge in [0.2, 0.25) is 16.8 Å². The summed E-state index contributed by atoms with van der Waals surface area (Å²) < 4.78 is 55.1. The molecule has 1 aliphatic rings. The van der Waals surface area contributed by atoms with E-state index in [-0.39, 0.29) is 25.7 Å². The van der Waals surface area contributed by atoms with Gasteiger partial charge >= 0.3 is 0 Å². The van der Waals surface area contributed by atoms with Crippen molar-refractivity contribution in [3.05, 3.63) is 53.8 Å². The Balaban J connectivity index is 1.43. The maximum absolute atomic E-state index is 13.1. The Morgan fingerprint density at radius 2 is 1.96 bits per heavy atom. The summed E-state index contributed by atoms with van der Waals surface area (Å²) in [5.74, 6) is 6.46. The molecule has 1 heterocycles. The number of sulfonamides is 1. The van der Waals surface area contributed by atoms with Crippen LogP contribution in [0.25, 0.3) is 0 Å². The van der Waals surface area contributed by atoms with Crippen molar-refractivity contribution in [3.63, 3.8) is 0 Å². The minimum Gasteiger partial charge on any atom is -0.481 e. The van der Waals surface area contributed by atoms with Gasteiger partial charge in [0, 0.05) is 6.07 Å². The molecule has 0 amide bonds. The summed E-state index contributed by atoms with van der Waals surface area (Å²) in [6.07, 6.45) is 0. The van der Waals surface area contributed by atoms with Crippen molar-refractivity contribution < 1.29 is 27.0 Å². The number of benzene rings is 2. The summed E-state index contributed by atoms with van der Waals surface area (Å²) in [5, 5.41) is 0. The van der Waals surface area contributed by atoms with E-state index < -0.39 is 15.8 Å². The van der Waals surface area contributed by atoms with E-state index in [9.17, 15) is 12.8 Å². The molecule has 136 valence electrons. The van der Waals surface area contributed by atoms with Crippen LogP contribution in [0.2, 0.25) is 0 Å². The molecule has 0 aliphatic carbocycles. The summed E-state index contributed by atoms with van der Waals surface area (Å²) in [6, 6.07) is 10.6. The maximum Gasteiger partial charge on any atom is 0.231 e.